The summed E-state index contributed by atoms with van der Waals surface area (Å²) in [6, 6.07) is 1.40. The quantitative estimate of drug-likeness (QED) is 0.529. The second-order valence-corrected chi connectivity index (χ2v) is 9.47. The van der Waals surface area contributed by atoms with Gasteiger partial charge in [0.1, 0.15) is 11.5 Å². The molecule has 0 bridgehead atoms. The van der Waals surface area contributed by atoms with Crippen molar-refractivity contribution in [3.8, 4) is 0 Å². The first-order chi connectivity index (χ1) is 17.4. The predicted molar refractivity (Wildman–Crippen MR) is 131 cm³/mol. The van der Waals surface area contributed by atoms with E-state index in [9.17, 15) is 22.8 Å². The molecule has 1 aromatic carbocycles. The average molecular weight is 526 g/mol. The van der Waals surface area contributed by atoms with Crippen LogP contribution in [0.5, 0.6) is 0 Å². The highest BCUT2D eigenvalue weighted by Gasteiger charge is 2.37. The van der Waals surface area contributed by atoms with Crippen LogP contribution in [0.15, 0.2) is 29.2 Å². The van der Waals surface area contributed by atoms with Gasteiger partial charge in [-0.2, -0.15) is 13.2 Å². The molecule has 200 valence electrons. The Kier molecular flexibility index (Phi) is 7.43. The smallest absolute Gasteiger partial charge is 0.367 e. The van der Waals surface area contributed by atoms with Gasteiger partial charge in [0.15, 0.2) is 5.82 Å². The Morgan fingerprint density at radius 3 is 2.41 bits per heavy atom. The molecule has 2 aliphatic heterocycles. The van der Waals surface area contributed by atoms with Crippen molar-refractivity contribution in [1.82, 2.24) is 15.2 Å². The minimum Gasteiger partial charge on any atom is -0.367 e. The van der Waals surface area contributed by atoms with Crippen LogP contribution in [0.2, 0.25) is 0 Å². The number of hydrogen-bond acceptors (Lipinski definition) is 5. The Labute approximate surface area is 210 Å². The van der Waals surface area contributed by atoms with Crippen molar-refractivity contribution in [2.24, 2.45) is 0 Å². The zero-order valence-electron chi connectivity index (χ0n) is 20.6. The van der Waals surface area contributed by atoms with E-state index in [-0.39, 0.29) is 29.4 Å². The van der Waals surface area contributed by atoms with Crippen molar-refractivity contribution < 1.29 is 26.7 Å². The van der Waals surface area contributed by atoms with Crippen molar-refractivity contribution >= 4 is 22.9 Å². The van der Waals surface area contributed by atoms with Gasteiger partial charge in [-0.3, -0.25) is 14.5 Å². The summed E-state index contributed by atoms with van der Waals surface area (Å²) in [5.74, 6) is -3.16. The Hall–Kier alpha value is -3.25. The number of aromatic nitrogens is 1. The number of amides is 1. The van der Waals surface area contributed by atoms with Gasteiger partial charge in [-0.05, 0) is 39.4 Å². The highest BCUT2D eigenvalue weighted by molar-refractivity contribution is 6.07. The van der Waals surface area contributed by atoms with Crippen LogP contribution in [-0.2, 0) is 6.18 Å². The van der Waals surface area contributed by atoms with Gasteiger partial charge in [-0.25, -0.2) is 8.78 Å². The third kappa shape index (κ3) is 5.40. The van der Waals surface area contributed by atoms with Crippen LogP contribution in [-0.4, -0.2) is 61.1 Å². The maximum atomic E-state index is 16.0. The molecule has 1 aromatic heterocycles. The number of pyridine rings is 1. The van der Waals surface area contributed by atoms with Gasteiger partial charge in [-0.15, -0.1) is 0 Å². The van der Waals surface area contributed by atoms with Crippen molar-refractivity contribution in [3.63, 3.8) is 0 Å². The summed E-state index contributed by atoms with van der Waals surface area (Å²) in [7, 11) is 1.93. The third-order valence-corrected chi connectivity index (χ3v) is 7.00. The molecule has 7 nitrogen and oxygen atoms in total. The highest BCUT2D eigenvalue weighted by atomic mass is 19.4. The number of halogens is 5. The van der Waals surface area contributed by atoms with Crippen molar-refractivity contribution in [1.29, 1.82) is 0 Å². The molecule has 0 aliphatic carbocycles. The molecule has 0 radical (unpaired) electrons. The van der Waals surface area contributed by atoms with Crippen molar-refractivity contribution in [3.05, 3.63) is 63.1 Å². The summed E-state index contributed by atoms with van der Waals surface area (Å²) in [4.78, 5) is 30.5. The molecule has 3 N–H and O–H groups in total. The van der Waals surface area contributed by atoms with Gasteiger partial charge in [-0.1, -0.05) is 6.08 Å². The first kappa shape index (κ1) is 26.8. The number of carbonyl (C=O) groups is 1. The van der Waals surface area contributed by atoms with E-state index in [2.05, 4.69) is 20.5 Å². The fourth-order valence-electron chi connectivity index (χ4n) is 4.79. The second-order valence-electron chi connectivity index (χ2n) is 9.47. The first-order valence-corrected chi connectivity index (χ1v) is 11.9. The van der Waals surface area contributed by atoms with Gasteiger partial charge in [0.05, 0.1) is 22.4 Å². The van der Waals surface area contributed by atoms with E-state index in [4.69, 9.17) is 0 Å². The lowest BCUT2D eigenvalue weighted by Gasteiger charge is -2.44. The monoisotopic (exact) mass is 525 g/mol. The molecule has 37 heavy (non-hydrogen) atoms. The summed E-state index contributed by atoms with van der Waals surface area (Å²) < 4.78 is 72.2. The summed E-state index contributed by atoms with van der Waals surface area (Å²) in [5, 5.41) is 5.33. The third-order valence-electron chi connectivity index (χ3n) is 7.00. The number of carbonyl (C=O) groups excluding carboxylic acids is 1. The number of aromatic amines is 1. The van der Waals surface area contributed by atoms with Crippen LogP contribution >= 0.6 is 0 Å². The number of anilines is 2. The number of benzene rings is 1. The normalized spacial score (nSPS) is 21.1. The fourth-order valence-corrected chi connectivity index (χ4v) is 4.79. The molecule has 0 saturated carbocycles. The maximum Gasteiger partial charge on any atom is 0.417 e. The topological polar surface area (TPSA) is 80.5 Å². The largest absolute Gasteiger partial charge is 0.417 e. The SMILES string of the molecule is CC1CN(c2cc(F)c(C3=CCNCC3)c(F)c2NC(=O)c2c[nH]c(=O)cc2C(F)(F)F)CC(C)N1C. The lowest BCUT2D eigenvalue weighted by atomic mass is 9.96. The number of nitrogens with one attached hydrogen (secondary N) is 3. The molecular formula is C25H28F5N5O2. The van der Waals surface area contributed by atoms with Gasteiger partial charge in [0, 0.05) is 50.0 Å². The molecule has 2 aromatic rings. The minimum atomic E-state index is -5.00. The van der Waals surface area contributed by atoms with Crippen LogP contribution in [0.1, 0.15) is 41.8 Å². The summed E-state index contributed by atoms with van der Waals surface area (Å²) >= 11 is 0. The molecule has 1 amide bonds. The van der Waals surface area contributed by atoms with Crippen LogP contribution in [0.25, 0.3) is 5.57 Å². The summed E-state index contributed by atoms with van der Waals surface area (Å²) in [5.41, 5.74) is -3.69. The van der Waals surface area contributed by atoms with Crippen molar-refractivity contribution in [2.45, 2.75) is 38.5 Å². The molecule has 4 rings (SSSR count). The number of hydrogen-bond donors (Lipinski definition) is 3. The summed E-state index contributed by atoms with van der Waals surface area (Å²) in [6.07, 6.45) is -2.39. The number of alkyl halides is 3. The first-order valence-electron chi connectivity index (χ1n) is 11.9. The zero-order valence-corrected chi connectivity index (χ0v) is 20.6. The van der Waals surface area contributed by atoms with Gasteiger partial charge >= 0.3 is 6.18 Å². The molecule has 3 heterocycles. The van der Waals surface area contributed by atoms with Crippen molar-refractivity contribution in [2.75, 3.05) is 43.4 Å². The fraction of sp³-hybridized carbons (Fsp3) is 0.440. The van der Waals surface area contributed by atoms with E-state index in [1.165, 1.54) is 0 Å². The van der Waals surface area contributed by atoms with E-state index in [0.29, 0.717) is 44.4 Å². The zero-order chi connectivity index (χ0) is 27.1. The number of nitrogens with zero attached hydrogens (tertiary/aromatic N) is 2. The number of H-pyrrole nitrogens is 1. The van der Waals surface area contributed by atoms with Gasteiger partial charge in [0.25, 0.3) is 5.91 Å². The van der Waals surface area contributed by atoms with Crippen LogP contribution in [0.4, 0.5) is 33.3 Å². The number of rotatable bonds is 4. The van der Waals surface area contributed by atoms with E-state index in [1.54, 1.807) is 11.0 Å². The number of piperazine rings is 1. The molecular weight excluding hydrogens is 497 g/mol. The minimum absolute atomic E-state index is 0.00117. The average Bonchev–Trinajstić information content (AvgIpc) is 2.83. The van der Waals surface area contributed by atoms with Crippen LogP contribution < -0.4 is 21.1 Å². The van der Waals surface area contributed by atoms with Crippen LogP contribution in [0, 0.1) is 11.6 Å². The Balaban J connectivity index is 1.84. The highest BCUT2D eigenvalue weighted by Crippen LogP contribution is 2.39. The second kappa shape index (κ2) is 10.3. The van der Waals surface area contributed by atoms with Gasteiger partial charge < -0.3 is 20.5 Å². The van der Waals surface area contributed by atoms with E-state index in [1.807, 2.05) is 20.9 Å². The number of likely N-dealkylation sites (N-methyl/N-ethyl adjacent to an activating group) is 1. The molecule has 2 atom stereocenters. The lowest BCUT2D eigenvalue weighted by molar-refractivity contribution is -0.138. The van der Waals surface area contributed by atoms with E-state index >= 15 is 8.78 Å². The van der Waals surface area contributed by atoms with E-state index in [0.717, 1.165) is 6.07 Å². The maximum absolute atomic E-state index is 16.0. The summed E-state index contributed by atoms with van der Waals surface area (Å²) in [6.45, 7) is 5.53. The molecule has 1 saturated heterocycles. The van der Waals surface area contributed by atoms with Crippen LogP contribution in [0.3, 0.4) is 0 Å². The lowest BCUT2D eigenvalue weighted by Crippen LogP contribution is -2.55. The molecule has 1 fully saturated rings. The Morgan fingerprint density at radius 1 is 1.14 bits per heavy atom. The molecule has 0 spiro atoms. The Morgan fingerprint density at radius 2 is 1.81 bits per heavy atom. The molecule has 12 heteroatoms. The Bertz CT molecular complexity index is 1280. The molecule has 2 unspecified atom stereocenters. The predicted octanol–water partition coefficient (Wildman–Crippen LogP) is 3.83. The molecule has 2 aliphatic rings. The van der Waals surface area contributed by atoms with Gasteiger partial charge in [0.2, 0.25) is 5.56 Å². The van der Waals surface area contributed by atoms with E-state index < -0.39 is 46.1 Å². The standard InChI is InChI=1S/C25H28F5N5O2/c1-13-11-35(12-14(2)34(13)3)19-9-18(26)21(15-4-6-31-7-5-15)22(27)23(19)33-24(37)16-10-32-20(36)8-17(16)25(28,29)30/h4,8-10,13-14,31H,5-7,11-12H2,1-3H3,(H,32,36)(H,33,37).